The highest BCUT2D eigenvalue weighted by atomic mass is 16.1. The number of nitrogen functional groups attached to an aromatic ring is 1. The molecule has 0 fully saturated rings. The summed E-state index contributed by atoms with van der Waals surface area (Å²) in [6.45, 7) is 3.41. The van der Waals surface area contributed by atoms with Gasteiger partial charge in [-0.25, -0.2) is 0 Å². The summed E-state index contributed by atoms with van der Waals surface area (Å²) in [5, 5.41) is 5.70. The Bertz CT molecular complexity index is 361. The van der Waals surface area contributed by atoms with Crippen LogP contribution in [0.15, 0.2) is 12.1 Å². The third-order valence-corrected chi connectivity index (χ3v) is 1.98. The highest BCUT2D eigenvalue weighted by molar-refractivity contribution is 5.93. The van der Waals surface area contributed by atoms with E-state index in [1.807, 2.05) is 26.1 Å². The van der Waals surface area contributed by atoms with Gasteiger partial charge in [0, 0.05) is 19.7 Å². The molecule has 4 heteroatoms. The van der Waals surface area contributed by atoms with Crippen molar-refractivity contribution in [3.05, 3.63) is 17.7 Å². The number of benzene rings is 1. The third kappa shape index (κ3) is 2.16. The Morgan fingerprint density at radius 1 is 1.36 bits per heavy atom. The molecule has 0 unspecified atom stereocenters. The van der Waals surface area contributed by atoms with Gasteiger partial charge in [0.1, 0.15) is 0 Å². The summed E-state index contributed by atoms with van der Waals surface area (Å²) in [5.74, 6) is -0.123. The molecule has 1 aromatic rings. The number of amides is 1. The van der Waals surface area contributed by atoms with Crippen LogP contribution in [-0.4, -0.2) is 13.0 Å². The minimum absolute atomic E-state index is 0.123. The number of nitrogens with two attached hydrogens (primary N) is 1. The monoisotopic (exact) mass is 193 g/mol. The first kappa shape index (κ1) is 10.4. The normalized spacial score (nSPS) is 9.64. The van der Waals surface area contributed by atoms with Gasteiger partial charge in [0.2, 0.25) is 5.91 Å². The van der Waals surface area contributed by atoms with Crippen LogP contribution < -0.4 is 16.4 Å². The molecule has 0 aliphatic rings. The van der Waals surface area contributed by atoms with Crippen LogP contribution in [0.1, 0.15) is 12.5 Å². The molecule has 0 bridgehead atoms. The molecular weight excluding hydrogens is 178 g/mol. The molecule has 1 aromatic carbocycles. The first-order chi connectivity index (χ1) is 6.54. The predicted molar refractivity (Wildman–Crippen MR) is 59.4 cm³/mol. The Kier molecular flexibility index (Phi) is 2.96. The lowest BCUT2D eigenvalue weighted by molar-refractivity contribution is -0.114. The third-order valence-electron chi connectivity index (χ3n) is 1.98. The molecule has 4 nitrogen and oxygen atoms in total. The second kappa shape index (κ2) is 4.00. The largest absolute Gasteiger partial charge is 0.397 e. The van der Waals surface area contributed by atoms with E-state index in [0.717, 1.165) is 11.3 Å². The summed E-state index contributed by atoms with van der Waals surface area (Å²) in [5.41, 5.74) is 8.99. The van der Waals surface area contributed by atoms with Gasteiger partial charge >= 0.3 is 0 Å². The fourth-order valence-corrected chi connectivity index (χ4v) is 1.30. The highest BCUT2D eigenvalue weighted by Crippen LogP contribution is 2.26. The van der Waals surface area contributed by atoms with Crippen LogP contribution >= 0.6 is 0 Å². The van der Waals surface area contributed by atoms with E-state index in [0.29, 0.717) is 11.4 Å². The van der Waals surface area contributed by atoms with E-state index >= 15 is 0 Å². The van der Waals surface area contributed by atoms with Gasteiger partial charge < -0.3 is 16.4 Å². The number of hydrogen-bond acceptors (Lipinski definition) is 3. The van der Waals surface area contributed by atoms with E-state index in [1.54, 1.807) is 0 Å². The first-order valence-electron chi connectivity index (χ1n) is 4.40. The van der Waals surface area contributed by atoms with Gasteiger partial charge in [-0.1, -0.05) is 0 Å². The maximum atomic E-state index is 10.9. The summed E-state index contributed by atoms with van der Waals surface area (Å²) in [4.78, 5) is 10.9. The second-order valence-corrected chi connectivity index (χ2v) is 3.19. The zero-order valence-corrected chi connectivity index (χ0v) is 8.64. The highest BCUT2D eigenvalue weighted by Gasteiger charge is 2.04. The number of rotatable bonds is 2. The SMILES string of the molecule is CNc1cc(NC(C)=O)c(N)cc1C. The quantitative estimate of drug-likeness (QED) is 0.625. The van der Waals surface area contributed by atoms with Crippen molar-refractivity contribution in [1.29, 1.82) is 0 Å². The summed E-state index contributed by atoms with van der Waals surface area (Å²) >= 11 is 0. The second-order valence-electron chi connectivity index (χ2n) is 3.19. The molecule has 0 aliphatic carbocycles. The number of nitrogens with one attached hydrogen (secondary N) is 2. The van der Waals surface area contributed by atoms with E-state index in [-0.39, 0.29) is 5.91 Å². The lowest BCUT2D eigenvalue weighted by Gasteiger charge is -2.11. The van der Waals surface area contributed by atoms with Crippen molar-refractivity contribution in [2.24, 2.45) is 0 Å². The molecule has 1 rings (SSSR count). The van der Waals surface area contributed by atoms with E-state index in [2.05, 4.69) is 10.6 Å². The topological polar surface area (TPSA) is 67.1 Å². The van der Waals surface area contributed by atoms with Crippen molar-refractivity contribution in [2.45, 2.75) is 13.8 Å². The van der Waals surface area contributed by atoms with Crippen LogP contribution in [0.5, 0.6) is 0 Å². The molecule has 14 heavy (non-hydrogen) atoms. The first-order valence-corrected chi connectivity index (χ1v) is 4.40. The van der Waals surface area contributed by atoms with E-state index in [4.69, 9.17) is 5.73 Å². The maximum Gasteiger partial charge on any atom is 0.221 e. The predicted octanol–water partition coefficient (Wildman–Crippen LogP) is 1.58. The summed E-state index contributed by atoms with van der Waals surface area (Å²) in [7, 11) is 1.83. The lowest BCUT2D eigenvalue weighted by atomic mass is 10.1. The Morgan fingerprint density at radius 2 is 2.00 bits per heavy atom. The summed E-state index contributed by atoms with van der Waals surface area (Å²) in [6, 6.07) is 3.66. The van der Waals surface area contributed by atoms with Crippen molar-refractivity contribution < 1.29 is 4.79 Å². The molecule has 0 atom stereocenters. The van der Waals surface area contributed by atoms with Gasteiger partial charge in [-0.2, -0.15) is 0 Å². The number of carbonyl (C=O) groups excluding carboxylic acids is 1. The van der Waals surface area contributed by atoms with Gasteiger partial charge in [-0.15, -0.1) is 0 Å². The minimum atomic E-state index is -0.123. The lowest BCUT2D eigenvalue weighted by Crippen LogP contribution is -2.09. The zero-order chi connectivity index (χ0) is 10.7. The molecule has 4 N–H and O–H groups in total. The van der Waals surface area contributed by atoms with E-state index in [9.17, 15) is 4.79 Å². The van der Waals surface area contributed by atoms with Gasteiger partial charge in [-0.05, 0) is 24.6 Å². The van der Waals surface area contributed by atoms with E-state index < -0.39 is 0 Å². The fraction of sp³-hybridized carbons (Fsp3) is 0.300. The molecule has 1 amide bonds. The number of carbonyl (C=O) groups is 1. The number of anilines is 3. The standard InChI is InChI=1S/C10H15N3O/c1-6-4-8(11)10(13-7(2)14)5-9(6)12-3/h4-5,12H,11H2,1-3H3,(H,13,14). The fourth-order valence-electron chi connectivity index (χ4n) is 1.30. The molecule has 0 aliphatic heterocycles. The molecule has 0 heterocycles. The van der Waals surface area contributed by atoms with Gasteiger partial charge in [0.25, 0.3) is 0 Å². The van der Waals surface area contributed by atoms with Crippen LogP contribution in [0, 0.1) is 6.92 Å². The molecule has 0 saturated carbocycles. The van der Waals surface area contributed by atoms with Crippen LogP contribution in [-0.2, 0) is 4.79 Å². The Labute approximate surface area is 83.5 Å². The average molecular weight is 193 g/mol. The van der Waals surface area contributed by atoms with Crippen molar-refractivity contribution in [1.82, 2.24) is 0 Å². The smallest absolute Gasteiger partial charge is 0.221 e. The Hall–Kier alpha value is -1.71. The Morgan fingerprint density at radius 3 is 2.50 bits per heavy atom. The summed E-state index contributed by atoms with van der Waals surface area (Å²) in [6.07, 6.45) is 0. The number of aryl methyl sites for hydroxylation is 1. The van der Waals surface area contributed by atoms with Crippen molar-refractivity contribution in [3.8, 4) is 0 Å². The van der Waals surface area contributed by atoms with Crippen molar-refractivity contribution >= 4 is 23.0 Å². The number of hydrogen-bond donors (Lipinski definition) is 3. The van der Waals surface area contributed by atoms with E-state index in [1.165, 1.54) is 6.92 Å². The molecule has 0 aromatic heterocycles. The van der Waals surface area contributed by atoms with Crippen LogP contribution in [0.2, 0.25) is 0 Å². The molecule has 0 radical (unpaired) electrons. The van der Waals surface area contributed by atoms with Crippen LogP contribution in [0.25, 0.3) is 0 Å². The van der Waals surface area contributed by atoms with Crippen molar-refractivity contribution in [3.63, 3.8) is 0 Å². The van der Waals surface area contributed by atoms with Crippen LogP contribution in [0.4, 0.5) is 17.1 Å². The Balaban J connectivity index is 3.10. The van der Waals surface area contributed by atoms with Gasteiger partial charge in [0.05, 0.1) is 11.4 Å². The van der Waals surface area contributed by atoms with Crippen molar-refractivity contribution in [2.75, 3.05) is 23.4 Å². The maximum absolute atomic E-state index is 10.9. The average Bonchev–Trinajstić information content (AvgIpc) is 2.09. The molecule has 76 valence electrons. The molecule has 0 spiro atoms. The van der Waals surface area contributed by atoms with Gasteiger partial charge in [0.15, 0.2) is 0 Å². The zero-order valence-electron chi connectivity index (χ0n) is 8.64. The summed E-state index contributed by atoms with van der Waals surface area (Å²) < 4.78 is 0. The minimum Gasteiger partial charge on any atom is -0.397 e. The van der Waals surface area contributed by atoms with Crippen LogP contribution in [0.3, 0.4) is 0 Å². The molecule has 0 saturated heterocycles. The van der Waals surface area contributed by atoms with Gasteiger partial charge in [-0.3, -0.25) is 4.79 Å². The molecular formula is C10H15N3O.